The van der Waals surface area contributed by atoms with E-state index in [2.05, 4.69) is 15.9 Å². The number of hydrogen-bond donors (Lipinski definition) is 0. The number of carbonyl (C=O) groups excluding carboxylic acids is 1. The molecule has 90 valence electrons. The van der Waals surface area contributed by atoms with Gasteiger partial charge in [-0.2, -0.15) is 0 Å². The standard InChI is InChI=1S/C11H11BrN2O3/c12-10-6-8(14(16)17)3-4-11(10)13-5-1-2-9(15)7-13/h3-4,6H,1-2,5,7H2. The maximum atomic E-state index is 11.4. The average Bonchev–Trinajstić information content (AvgIpc) is 2.28. The van der Waals surface area contributed by atoms with E-state index in [1.807, 2.05) is 4.90 Å². The lowest BCUT2D eigenvalue weighted by Gasteiger charge is -2.28. The second-order valence-electron chi connectivity index (χ2n) is 3.96. The first kappa shape index (κ1) is 12.0. The largest absolute Gasteiger partial charge is 0.363 e. The average molecular weight is 299 g/mol. The Bertz CT molecular complexity index is 476. The number of ketones is 1. The van der Waals surface area contributed by atoms with E-state index in [4.69, 9.17) is 0 Å². The van der Waals surface area contributed by atoms with Crippen LogP contribution in [-0.2, 0) is 4.79 Å². The summed E-state index contributed by atoms with van der Waals surface area (Å²) >= 11 is 3.31. The molecule has 1 saturated heterocycles. The highest BCUT2D eigenvalue weighted by Crippen LogP contribution is 2.31. The Morgan fingerprint density at radius 2 is 2.18 bits per heavy atom. The summed E-state index contributed by atoms with van der Waals surface area (Å²) in [6.45, 7) is 1.19. The van der Waals surface area contributed by atoms with Crippen molar-refractivity contribution in [2.75, 3.05) is 18.0 Å². The third-order valence-electron chi connectivity index (χ3n) is 2.73. The van der Waals surface area contributed by atoms with Crippen LogP contribution in [0.3, 0.4) is 0 Å². The van der Waals surface area contributed by atoms with Gasteiger partial charge in [0.15, 0.2) is 5.78 Å². The Labute approximate surface area is 107 Å². The van der Waals surface area contributed by atoms with Crippen molar-refractivity contribution >= 4 is 33.1 Å². The van der Waals surface area contributed by atoms with Crippen LogP contribution in [0, 0.1) is 10.1 Å². The van der Waals surface area contributed by atoms with E-state index in [1.54, 1.807) is 6.07 Å². The van der Waals surface area contributed by atoms with Crippen molar-refractivity contribution in [1.29, 1.82) is 0 Å². The van der Waals surface area contributed by atoms with E-state index in [1.165, 1.54) is 12.1 Å². The van der Waals surface area contributed by atoms with Crippen LogP contribution in [0.25, 0.3) is 0 Å². The molecule has 2 rings (SSSR count). The Morgan fingerprint density at radius 1 is 1.41 bits per heavy atom. The van der Waals surface area contributed by atoms with Crippen LogP contribution in [0.4, 0.5) is 11.4 Å². The summed E-state index contributed by atoms with van der Waals surface area (Å²) in [4.78, 5) is 23.5. The van der Waals surface area contributed by atoms with Gasteiger partial charge in [-0.15, -0.1) is 0 Å². The molecule has 0 bridgehead atoms. The minimum Gasteiger partial charge on any atom is -0.363 e. The maximum Gasteiger partial charge on any atom is 0.270 e. The van der Waals surface area contributed by atoms with Crippen molar-refractivity contribution < 1.29 is 9.72 Å². The zero-order chi connectivity index (χ0) is 12.4. The van der Waals surface area contributed by atoms with Gasteiger partial charge in [-0.25, -0.2) is 0 Å². The van der Waals surface area contributed by atoms with Crippen LogP contribution in [0.15, 0.2) is 22.7 Å². The van der Waals surface area contributed by atoms with Gasteiger partial charge in [0.05, 0.1) is 17.2 Å². The fourth-order valence-corrected chi connectivity index (χ4v) is 2.53. The number of anilines is 1. The summed E-state index contributed by atoms with van der Waals surface area (Å²) in [5.41, 5.74) is 0.882. The molecule has 0 spiro atoms. The molecule has 0 atom stereocenters. The Balaban J connectivity index is 2.26. The van der Waals surface area contributed by atoms with Gasteiger partial charge in [0.25, 0.3) is 5.69 Å². The molecule has 0 aromatic heterocycles. The van der Waals surface area contributed by atoms with Crippen LogP contribution in [-0.4, -0.2) is 23.8 Å². The predicted molar refractivity (Wildman–Crippen MR) is 67.3 cm³/mol. The van der Waals surface area contributed by atoms with E-state index in [-0.39, 0.29) is 11.5 Å². The number of benzene rings is 1. The summed E-state index contributed by atoms with van der Waals surface area (Å²) in [6.07, 6.45) is 1.46. The molecule has 17 heavy (non-hydrogen) atoms. The Hall–Kier alpha value is -1.43. The third-order valence-corrected chi connectivity index (χ3v) is 3.37. The van der Waals surface area contributed by atoms with E-state index >= 15 is 0 Å². The van der Waals surface area contributed by atoms with Gasteiger partial charge in [0, 0.05) is 29.6 Å². The van der Waals surface area contributed by atoms with Crippen molar-refractivity contribution in [3.05, 3.63) is 32.8 Å². The summed E-state index contributed by atoms with van der Waals surface area (Å²) < 4.78 is 0.654. The molecule has 0 unspecified atom stereocenters. The monoisotopic (exact) mass is 298 g/mol. The molecule has 0 radical (unpaired) electrons. The van der Waals surface area contributed by atoms with Crippen LogP contribution < -0.4 is 4.90 Å². The number of hydrogen-bond acceptors (Lipinski definition) is 4. The van der Waals surface area contributed by atoms with Gasteiger partial charge in [-0.1, -0.05) is 0 Å². The minimum atomic E-state index is -0.435. The zero-order valence-electron chi connectivity index (χ0n) is 9.06. The smallest absolute Gasteiger partial charge is 0.270 e. The van der Waals surface area contributed by atoms with E-state index in [0.717, 1.165) is 18.7 Å². The summed E-state index contributed by atoms with van der Waals surface area (Å²) in [7, 11) is 0. The number of non-ortho nitro benzene ring substituents is 1. The molecule has 0 amide bonds. The number of nitro benzene ring substituents is 1. The molecule has 1 aliphatic rings. The summed E-state index contributed by atoms with van der Waals surface area (Å²) in [5.74, 6) is 0.210. The lowest BCUT2D eigenvalue weighted by atomic mass is 10.1. The second-order valence-corrected chi connectivity index (χ2v) is 4.81. The number of Topliss-reactive ketones (excluding diaryl/α,β-unsaturated/α-hetero) is 1. The highest BCUT2D eigenvalue weighted by molar-refractivity contribution is 9.10. The van der Waals surface area contributed by atoms with Gasteiger partial charge in [0.2, 0.25) is 0 Å². The summed E-state index contributed by atoms with van der Waals surface area (Å²) in [5, 5.41) is 10.6. The molecule has 0 N–H and O–H groups in total. The molecular formula is C11H11BrN2O3. The van der Waals surface area contributed by atoms with Crippen LogP contribution in [0.5, 0.6) is 0 Å². The number of rotatable bonds is 2. The molecule has 1 fully saturated rings. The first-order valence-corrected chi connectivity index (χ1v) is 6.08. The summed E-state index contributed by atoms with van der Waals surface area (Å²) in [6, 6.07) is 4.61. The van der Waals surface area contributed by atoms with Gasteiger partial charge >= 0.3 is 0 Å². The Morgan fingerprint density at radius 3 is 2.76 bits per heavy atom. The number of nitrogens with zero attached hydrogens (tertiary/aromatic N) is 2. The highest BCUT2D eigenvalue weighted by atomic mass is 79.9. The highest BCUT2D eigenvalue weighted by Gasteiger charge is 2.20. The van der Waals surface area contributed by atoms with Crippen molar-refractivity contribution in [3.8, 4) is 0 Å². The van der Waals surface area contributed by atoms with Crippen LogP contribution in [0.2, 0.25) is 0 Å². The van der Waals surface area contributed by atoms with Crippen molar-refractivity contribution in [3.63, 3.8) is 0 Å². The van der Waals surface area contributed by atoms with Crippen LogP contribution in [0.1, 0.15) is 12.8 Å². The molecule has 5 nitrogen and oxygen atoms in total. The zero-order valence-corrected chi connectivity index (χ0v) is 10.6. The number of carbonyl (C=O) groups is 1. The van der Waals surface area contributed by atoms with Crippen molar-refractivity contribution in [2.45, 2.75) is 12.8 Å². The van der Waals surface area contributed by atoms with E-state index < -0.39 is 4.92 Å². The molecule has 1 heterocycles. The molecule has 1 aromatic rings. The maximum absolute atomic E-state index is 11.4. The minimum absolute atomic E-state index is 0.0453. The fraction of sp³-hybridized carbons (Fsp3) is 0.364. The molecule has 1 aliphatic heterocycles. The third kappa shape index (κ3) is 2.63. The number of halogens is 1. The van der Waals surface area contributed by atoms with Crippen molar-refractivity contribution in [1.82, 2.24) is 0 Å². The van der Waals surface area contributed by atoms with Gasteiger partial charge in [-0.05, 0) is 28.4 Å². The second kappa shape index (κ2) is 4.83. The quantitative estimate of drug-likeness (QED) is 0.622. The molecule has 1 aromatic carbocycles. The topological polar surface area (TPSA) is 63.5 Å². The molecule has 6 heteroatoms. The number of nitro groups is 1. The SMILES string of the molecule is O=C1CCCN(c2ccc([N+](=O)[O-])cc2Br)C1. The fourth-order valence-electron chi connectivity index (χ4n) is 1.91. The molecule has 0 saturated carbocycles. The van der Waals surface area contributed by atoms with Crippen LogP contribution >= 0.6 is 15.9 Å². The first-order chi connectivity index (χ1) is 8.08. The Kier molecular flexibility index (Phi) is 3.42. The molecular weight excluding hydrogens is 288 g/mol. The van der Waals surface area contributed by atoms with Gasteiger partial charge in [0.1, 0.15) is 0 Å². The lowest BCUT2D eigenvalue weighted by Crippen LogP contribution is -2.35. The van der Waals surface area contributed by atoms with Crippen molar-refractivity contribution in [2.24, 2.45) is 0 Å². The normalized spacial score (nSPS) is 16.1. The predicted octanol–water partition coefficient (Wildman–Crippen LogP) is 2.53. The van der Waals surface area contributed by atoms with Gasteiger partial charge < -0.3 is 4.90 Å². The number of piperidine rings is 1. The van der Waals surface area contributed by atoms with E-state index in [0.29, 0.717) is 17.4 Å². The van der Waals surface area contributed by atoms with Gasteiger partial charge in [-0.3, -0.25) is 14.9 Å². The lowest BCUT2D eigenvalue weighted by molar-refractivity contribution is -0.384. The van der Waals surface area contributed by atoms with E-state index in [9.17, 15) is 14.9 Å². The molecule has 0 aliphatic carbocycles. The first-order valence-electron chi connectivity index (χ1n) is 5.28.